The molecule has 0 bridgehead atoms. The van der Waals surface area contributed by atoms with Crippen LogP contribution in [-0.4, -0.2) is 25.8 Å². The first-order valence-electron chi connectivity index (χ1n) is 9.69. The van der Waals surface area contributed by atoms with E-state index in [-0.39, 0.29) is 24.2 Å². The number of ether oxygens (including phenoxy) is 3. The van der Waals surface area contributed by atoms with E-state index < -0.39 is 5.97 Å². The number of benzene rings is 2. The molecule has 0 aliphatic heterocycles. The van der Waals surface area contributed by atoms with E-state index in [0.29, 0.717) is 22.9 Å². The standard InChI is InChI=1S/C24H26ClNO4/c1-5-28-23(27)18(16-26)14-17-15-20(25)8-11-22(17)30-13-12-29-21-9-6-19(7-10-21)24(2,3)4/h6-11,14-15H,5,12-13H2,1-4H3/b18-14+. The van der Waals surface area contributed by atoms with Gasteiger partial charge in [0.15, 0.2) is 0 Å². The molecule has 0 heterocycles. The number of nitrogens with zero attached hydrogens (tertiary/aromatic N) is 1. The first kappa shape index (κ1) is 23.3. The Morgan fingerprint density at radius 3 is 2.37 bits per heavy atom. The highest BCUT2D eigenvalue weighted by atomic mass is 35.5. The van der Waals surface area contributed by atoms with Crippen molar-refractivity contribution in [1.82, 2.24) is 0 Å². The SMILES string of the molecule is CCOC(=O)/C(C#N)=C/c1cc(Cl)ccc1OCCOc1ccc(C(C)(C)C)cc1. The zero-order valence-corrected chi connectivity index (χ0v) is 18.5. The highest BCUT2D eigenvalue weighted by Gasteiger charge is 2.14. The van der Waals surface area contributed by atoms with Gasteiger partial charge >= 0.3 is 5.97 Å². The lowest BCUT2D eigenvalue weighted by molar-refractivity contribution is -0.137. The lowest BCUT2D eigenvalue weighted by atomic mass is 9.87. The topological polar surface area (TPSA) is 68.6 Å². The number of carbonyl (C=O) groups excluding carboxylic acids is 1. The Labute approximate surface area is 182 Å². The Morgan fingerprint density at radius 1 is 1.10 bits per heavy atom. The van der Waals surface area contributed by atoms with Crippen molar-refractivity contribution in [1.29, 1.82) is 5.26 Å². The van der Waals surface area contributed by atoms with E-state index in [9.17, 15) is 10.1 Å². The van der Waals surface area contributed by atoms with Crippen molar-refractivity contribution in [3.8, 4) is 17.6 Å². The zero-order chi connectivity index (χ0) is 22.1. The average molecular weight is 428 g/mol. The minimum atomic E-state index is -0.687. The number of nitriles is 1. The van der Waals surface area contributed by atoms with E-state index in [4.69, 9.17) is 25.8 Å². The fraction of sp³-hybridized carbons (Fsp3) is 0.333. The minimum Gasteiger partial charge on any atom is -0.490 e. The van der Waals surface area contributed by atoms with Crippen molar-refractivity contribution in [2.45, 2.75) is 33.1 Å². The molecule has 2 aromatic carbocycles. The highest BCUT2D eigenvalue weighted by Crippen LogP contribution is 2.26. The van der Waals surface area contributed by atoms with Crippen LogP contribution in [0.5, 0.6) is 11.5 Å². The van der Waals surface area contributed by atoms with Crippen LogP contribution in [0.3, 0.4) is 0 Å². The number of esters is 1. The summed E-state index contributed by atoms with van der Waals surface area (Å²) in [5, 5.41) is 9.70. The molecule has 0 radical (unpaired) electrons. The molecule has 0 saturated carbocycles. The van der Waals surface area contributed by atoms with E-state index >= 15 is 0 Å². The van der Waals surface area contributed by atoms with Gasteiger partial charge in [-0.2, -0.15) is 5.26 Å². The molecule has 2 aromatic rings. The van der Waals surface area contributed by atoms with Gasteiger partial charge < -0.3 is 14.2 Å². The fourth-order valence-electron chi connectivity index (χ4n) is 2.63. The third-order valence-corrected chi connectivity index (χ3v) is 4.45. The number of rotatable bonds is 8. The molecule has 0 unspecified atom stereocenters. The third kappa shape index (κ3) is 6.82. The number of carbonyl (C=O) groups is 1. The number of hydrogen-bond acceptors (Lipinski definition) is 5. The molecular weight excluding hydrogens is 402 g/mol. The molecule has 6 heteroatoms. The van der Waals surface area contributed by atoms with Gasteiger partial charge in [-0.25, -0.2) is 4.79 Å². The third-order valence-electron chi connectivity index (χ3n) is 4.22. The van der Waals surface area contributed by atoms with Gasteiger partial charge in [0, 0.05) is 10.6 Å². The maximum absolute atomic E-state index is 11.9. The van der Waals surface area contributed by atoms with Crippen molar-refractivity contribution in [3.63, 3.8) is 0 Å². The summed E-state index contributed by atoms with van der Waals surface area (Å²) in [5.74, 6) is 0.563. The van der Waals surface area contributed by atoms with E-state index in [1.165, 1.54) is 11.6 Å². The Bertz CT molecular complexity index is 937. The van der Waals surface area contributed by atoms with Crippen molar-refractivity contribution >= 4 is 23.6 Å². The Hall–Kier alpha value is -2.97. The molecule has 0 fully saturated rings. The van der Waals surface area contributed by atoms with Gasteiger partial charge in [-0.1, -0.05) is 44.5 Å². The summed E-state index contributed by atoms with van der Waals surface area (Å²) >= 11 is 6.06. The maximum atomic E-state index is 11.9. The van der Waals surface area contributed by atoms with Crippen molar-refractivity contribution in [2.75, 3.05) is 19.8 Å². The van der Waals surface area contributed by atoms with Crippen LogP contribution in [0.2, 0.25) is 5.02 Å². The Kier molecular flexibility index (Phi) is 8.32. The molecule has 0 spiro atoms. The minimum absolute atomic E-state index is 0.0893. The van der Waals surface area contributed by atoms with Gasteiger partial charge in [-0.3, -0.25) is 0 Å². The number of halogens is 1. The second-order valence-corrected chi connectivity index (χ2v) is 7.98. The molecule has 0 amide bonds. The zero-order valence-electron chi connectivity index (χ0n) is 17.7. The second kappa shape index (κ2) is 10.7. The highest BCUT2D eigenvalue weighted by molar-refractivity contribution is 6.30. The van der Waals surface area contributed by atoms with Crippen LogP contribution < -0.4 is 9.47 Å². The van der Waals surface area contributed by atoms with Gasteiger partial charge in [0.25, 0.3) is 0 Å². The Morgan fingerprint density at radius 2 is 1.77 bits per heavy atom. The lowest BCUT2D eigenvalue weighted by Crippen LogP contribution is -2.12. The fourth-order valence-corrected chi connectivity index (χ4v) is 2.81. The molecule has 0 saturated heterocycles. The van der Waals surface area contributed by atoms with Crippen LogP contribution in [0.1, 0.15) is 38.8 Å². The molecule has 158 valence electrons. The molecule has 5 nitrogen and oxygen atoms in total. The summed E-state index contributed by atoms with van der Waals surface area (Å²) in [6.07, 6.45) is 1.41. The largest absolute Gasteiger partial charge is 0.490 e. The first-order valence-corrected chi connectivity index (χ1v) is 10.1. The normalized spacial score (nSPS) is 11.5. The molecule has 30 heavy (non-hydrogen) atoms. The van der Waals surface area contributed by atoms with Gasteiger partial charge in [0.1, 0.15) is 36.4 Å². The summed E-state index contributed by atoms with van der Waals surface area (Å²) in [4.78, 5) is 11.9. The lowest BCUT2D eigenvalue weighted by Gasteiger charge is -2.19. The van der Waals surface area contributed by atoms with Crippen molar-refractivity contribution in [2.24, 2.45) is 0 Å². The van der Waals surface area contributed by atoms with E-state index in [0.717, 1.165) is 5.75 Å². The summed E-state index contributed by atoms with van der Waals surface area (Å²) in [7, 11) is 0. The second-order valence-electron chi connectivity index (χ2n) is 7.54. The molecule has 0 aliphatic rings. The first-order chi connectivity index (χ1) is 14.2. The maximum Gasteiger partial charge on any atom is 0.348 e. The van der Waals surface area contributed by atoms with Crippen LogP contribution in [0.15, 0.2) is 48.0 Å². The summed E-state index contributed by atoms with van der Waals surface area (Å²) in [6.45, 7) is 8.97. The summed E-state index contributed by atoms with van der Waals surface area (Å²) in [5.41, 5.74) is 1.71. The molecular formula is C24H26ClNO4. The molecule has 2 rings (SSSR count). The quantitative estimate of drug-likeness (QED) is 0.238. The van der Waals surface area contributed by atoms with Gasteiger partial charge in [-0.05, 0) is 54.3 Å². The smallest absolute Gasteiger partial charge is 0.348 e. The van der Waals surface area contributed by atoms with Crippen LogP contribution in [-0.2, 0) is 14.9 Å². The molecule has 0 aromatic heterocycles. The van der Waals surface area contributed by atoms with Crippen LogP contribution in [0.25, 0.3) is 6.08 Å². The van der Waals surface area contributed by atoms with E-state index in [1.54, 1.807) is 25.1 Å². The molecule has 0 N–H and O–H groups in total. The predicted molar refractivity (Wildman–Crippen MR) is 118 cm³/mol. The van der Waals surface area contributed by atoms with Crippen molar-refractivity contribution in [3.05, 3.63) is 64.2 Å². The number of hydrogen-bond donors (Lipinski definition) is 0. The van der Waals surface area contributed by atoms with Crippen LogP contribution in [0.4, 0.5) is 0 Å². The monoisotopic (exact) mass is 427 g/mol. The summed E-state index contributed by atoms with van der Waals surface area (Å²) < 4.78 is 16.4. The Balaban J connectivity index is 2.02. The van der Waals surface area contributed by atoms with Crippen LogP contribution in [0, 0.1) is 11.3 Å². The summed E-state index contributed by atoms with van der Waals surface area (Å²) in [6, 6.07) is 14.8. The van der Waals surface area contributed by atoms with Gasteiger partial charge in [0.2, 0.25) is 0 Å². The van der Waals surface area contributed by atoms with Crippen molar-refractivity contribution < 1.29 is 19.0 Å². The van der Waals surface area contributed by atoms with Crippen LogP contribution >= 0.6 is 11.6 Å². The van der Waals surface area contributed by atoms with Gasteiger partial charge in [-0.15, -0.1) is 0 Å². The average Bonchev–Trinajstić information content (AvgIpc) is 2.70. The molecule has 0 aliphatic carbocycles. The molecule has 0 atom stereocenters. The predicted octanol–water partition coefficient (Wildman–Crippen LogP) is 5.57. The van der Waals surface area contributed by atoms with Gasteiger partial charge in [0.05, 0.1) is 6.61 Å². The van der Waals surface area contributed by atoms with E-state index in [1.807, 2.05) is 18.2 Å². The van der Waals surface area contributed by atoms with E-state index in [2.05, 4.69) is 32.9 Å².